The zero-order valence-corrected chi connectivity index (χ0v) is 15.7. The van der Waals surface area contributed by atoms with Crippen molar-refractivity contribution in [3.8, 4) is 11.5 Å². The van der Waals surface area contributed by atoms with Crippen LogP contribution in [-0.4, -0.2) is 42.2 Å². The van der Waals surface area contributed by atoms with Crippen molar-refractivity contribution in [3.63, 3.8) is 0 Å². The van der Waals surface area contributed by atoms with E-state index in [9.17, 15) is 9.50 Å². The zero-order chi connectivity index (χ0) is 19.2. The van der Waals surface area contributed by atoms with Gasteiger partial charge in [0, 0.05) is 25.2 Å². The lowest BCUT2D eigenvalue weighted by Gasteiger charge is -2.26. The Morgan fingerprint density at radius 3 is 2.67 bits per heavy atom. The van der Waals surface area contributed by atoms with Crippen molar-refractivity contribution in [1.29, 1.82) is 0 Å². The number of ether oxygens (including phenoxy) is 3. The molecule has 1 aliphatic rings. The number of benzene rings is 2. The second-order valence-corrected chi connectivity index (χ2v) is 6.98. The molecule has 0 saturated heterocycles. The van der Waals surface area contributed by atoms with E-state index in [0.29, 0.717) is 30.9 Å². The van der Waals surface area contributed by atoms with Crippen LogP contribution in [0.4, 0.5) is 4.39 Å². The summed E-state index contributed by atoms with van der Waals surface area (Å²) in [5.74, 6) is 1.19. The second kappa shape index (κ2) is 9.17. The number of rotatable bonds is 9. The number of aliphatic hydroxyl groups is 1. The Labute approximate surface area is 159 Å². The van der Waals surface area contributed by atoms with Crippen LogP contribution in [0.1, 0.15) is 25.0 Å². The van der Waals surface area contributed by atoms with Gasteiger partial charge in [0.1, 0.15) is 5.82 Å². The lowest BCUT2D eigenvalue weighted by molar-refractivity contribution is -0.0107. The normalized spacial score (nSPS) is 14.1. The van der Waals surface area contributed by atoms with Gasteiger partial charge in [-0.15, -0.1) is 0 Å². The molecule has 0 amide bonds. The molecule has 0 bridgehead atoms. The van der Waals surface area contributed by atoms with E-state index in [0.717, 1.165) is 11.3 Å². The molecular weight excluding hydrogens is 349 g/mol. The Bertz CT molecular complexity index is 753. The van der Waals surface area contributed by atoms with Crippen LogP contribution in [0.3, 0.4) is 0 Å². The lowest BCUT2D eigenvalue weighted by atomic mass is 10.1. The van der Waals surface area contributed by atoms with E-state index in [4.69, 9.17) is 14.2 Å². The van der Waals surface area contributed by atoms with E-state index in [-0.39, 0.29) is 25.3 Å². The first-order valence-electron chi connectivity index (χ1n) is 9.15. The highest BCUT2D eigenvalue weighted by Crippen LogP contribution is 2.33. The van der Waals surface area contributed by atoms with Gasteiger partial charge < -0.3 is 19.3 Å². The number of halogens is 1. The fourth-order valence-corrected chi connectivity index (χ4v) is 3.00. The number of hydrogen-bond donors (Lipinski definition) is 1. The third kappa shape index (κ3) is 5.66. The molecule has 1 aliphatic heterocycles. The van der Waals surface area contributed by atoms with Gasteiger partial charge in [-0.1, -0.05) is 24.3 Å². The van der Waals surface area contributed by atoms with Gasteiger partial charge >= 0.3 is 0 Å². The quantitative estimate of drug-likeness (QED) is 0.729. The fourth-order valence-electron chi connectivity index (χ4n) is 3.00. The number of hydrogen-bond acceptors (Lipinski definition) is 5. The monoisotopic (exact) mass is 375 g/mol. The molecule has 1 heterocycles. The van der Waals surface area contributed by atoms with Crippen molar-refractivity contribution in [2.75, 3.05) is 19.9 Å². The van der Waals surface area contributed by atoms with Gasteiger partial charge in [0.05, 0.1) is 18.8 Å². The van der Waals surface area contributed by atoms with Crippen molar-refractivity contribution in [3.05, 3.63) is 59.4 Å². The molecule has 3 rings (SSSR count). The van der Waals surface area contributed by atoms with Gasteiger partial charge in [0.2, 0.25) is 6.79 Å². The van der Waals surface area contributed by atoms with Crippen LogP contribution < -0.4 is 9.47 Å². The van der Waals surface area contributed by atoms with Crippen LogP contribution in [0.2, 0.25) is 0 Å². The second-order valence-electron chi connectivity index (χ2n) is 6.98. The highest BCUT2D eigenvalue weighted by atomic mass is 19.1. The molecule has 27 heavy (non-hydrogen) atoms. The summed E-state index contributed by atoms with van der Waals surface area (Å²) in [6.07, 6.45) is -0.610. The van der Waals surface area contributed by atoms with Crippen LogP contribution in [0, 0.1) is 5.82 Å². The van der Waals surface area contributed by atoms with Crippen LogP contribution in [0.15, 0.2) is 42.5 Å². The number of nitrogens with zero attached hydrogens (tertiary/aromatic N) is 1. The summed E-state index contributed by atoms with van der Waals surface area (Å²) >= 11 is 0. The van der Waals surface area contributed by atoms with Crippen molar-refractivity contribution >= 4 is 0 Å². The first kappa shape index (κ1) is 19.6. The molecule has 0 aromatic heterocycles. The summed E-state index contributed by atoms with van der Waals surface area (Å²) in [6.45, 7) is 5.63. The molecule has 6 heteroatoms. The predicted molar refractivity (Wildman–Crippen MR) is 100 cm³/mol. The summed E-state index contributed by atoms with van der Waals surface area (Å²) < 4.78 is 30.4. The molecule has 1 unspecified atom stereocenters. The van der Waals surface area contributed by atoms with Crippen LogP contribution in [-0.2, 0) is 17.8 Å². The van der Waals surface area contributed by atoms with Gasteiger partial charge in [-0.2, -0.15) is 0 Å². The Kier molecular flexibility index (Phi) is 6.66. The first-order valence-corrected chi connectivity index (χ1v) is 9.15. The molecule has 2 aromatic carbocycles. The van der Waals surface area contributed by atoms with Crippen molar-refractivity contribution in [2.45, 2.75) is 39.1 Å². The van der Waals surface area contributed by atoms with E-state index >= 15 is 0 Å². The highest BCUT2D eigenvalue weighted by Gasteiger charge is 2.18. The summed E-state index contributed by atoms with van der Waals surface area (Å²) in [5.41, 5.74) is 1.60. The Balaban J connectivity index is 1.71. The minimum absolute atomic E-state index is 0.0496. The third-order valence-electron chi connectivity index (χ3n) is 4.29. The van der Waals surface area contributed by atoms with Crippen molar-refractivity contribution in [2.24, 2.45) is 0 Å². The molecule has 0 aliphatic carbocycles. The van der Waals surface area contributed by atoms with Gasteiger partial charge in [0.25, 0.3) is 0 Å². The maximum atomic E-state index is 14.1. The van der Waals surface area contributed by atoms with E-state index in [1.165, 1.54) is 6.07 Å². The molecule has 1 N–H and O–H groups in total. The van der Waals surface area contributed by atoms with Crippen molar-refractivity contribution < 1.29 is 23.7 Å². The minimum atomic E-state index is -0.659. The largest absolute Gasteiger partial charge is 0.454 e. The third-order valence-corrected chi connectivity index (χ3v) is 4.29. The fraction of sp³-hybridized carbons (Fsp3) is 0.429. The zero-order valence-electron chi connectivity index (χ0n) is 15.7. The average molecular weight is 375 g/mol. The standard InChI is InChI=1S/C21H26FNO4/c1-15(2)25-13-18(24)12-23(11-17-5-3-4-6-19(17)22)10-16-7-8-20-21(9-16)27-14-26-20/h3-9,15,18,24H,10-14H2,1-2H3. The van der Waals surface area contributed by atoms with E-state index in [1.807, 2.05) is 43.0 Å². The summed E-state index contributed by atoms with van der Waals surface area (Å²) in [5, 5.41) is 10.3. The van der Waals surface area contributed by atoms with E-state index in [2.05, 4.69) is 0 Å². The molecular formula is C21H26FNO4. The molecule has 0 fully saturated rings. The lowest BCUT2D eigenvalue weighted by Crippen LogP contribution is -2.35. The molecule has 1 atom stereocenters. The molecule has 5 nitrogen and oxygen atoms in total. The summed E-state index contributed by atoms with van der Waals surface area (Å²) in [4.78, 5) is 2.00. The maximum absolute atomic E-state index is 14.1. The van der Waals surface area contributed by atoms with Gasteiger partial charge in [-0.25, -0.2) is 4.39 Å². The van der Waals surface area contributed by atoms with Gasteiger partial charge in [-0.05, 0) is 37.6 Å². The minimum Gasteiger partial charge on any atom is -0.454 e. The number of fused-ring (bicyclic) bond motifs is 1. The van der Waals surface area contributed by atoms with E-state index < -0.39 is 6.10 Å². The Morgan fingerprint density at radius 2 is 1.89 bits per heavy atom. The smallest absolute Gasteiger partial charge is 0.231 e. The SMILES string of the molecule is CC(C)OCC(O)CN(Cc1ccc2c(c1)OCO2)Cc1ccccc1F. The average Bonchev–Trinajstić information content (AvgIpc) is 3.09. The molecule has 146 valence electrons. The van der Waals surface area contributed by atoms with E-state index in [1.54, 1.807) is 12.1 Å². The van der Waals surface area contributed by atoms with Crippen LogP contribution >= 0.6 is 0 Å². The molecule has 0 saturated carbocycles. The van der Waals surface area contributed by atoms with Crippen molar-refractivity contribution in [1.82, 2.24) is 4.90 Å². The molecule has 0 spiro atoms. The van der Waals surface area contributed by atoms with Gasteiger partial charge in [-0.3, -0.25) is 4.90 Å². The topological polar surface area (TPSA) is 51.2 Å². The summed E-state index contributed by atoms with van der Waals surface area (Å²) in [7, 11) is 0. The maximum Gasteiger partial charge on any atom is 0.231 e. The van der Waals surface area contributed by atoms with Crippen LogP contribution in [0.25, 0.3) is 0 Å². The Hall–Kier alpha value is -2.15. The molecule has 0 radical (unpaired) electrons. The first-order chi connectivity index (χ1) is 13.0. The van der Waals surface area contributed by atoms with Crippen LogP contribution in [0.5, 0.6) is 11.5 Å². The number of aliphatic hydroxyl groups excluding tert-OH is 1. The summed E-state index contributed by atoms with van der Waals surface area (Å²) in [6, 6.07) is 12.5. The van der Waals surface area contributed by atoms with Gasteiger partial charge in [0.15, 0.2) is 11.5 Å². The Morgan fingerprint density at radius 1 is 1.11 bits per heavy atom. The highest BCUT2D eigenvalue weighted by molar-refractivity contribution is 5.44. The predicted octanol–water partition coefficient (Wildman–Crippen LogP) is 3.34. The molecule has 2 aromatic rings.